The first-order valence-electron chi connectivity index (χ1n) is 18.5. The second kappa shape index (κ2) is 11.1. The van der Waals surface area contributed by atoms with E-state index in [1.807, 2.05) is 0 Å². The minimum Gasteiger partial charge on any atom is -0.310 e. The number of imidazole rings is 1. The molecule has 12 aromatic rings. The van der Waals surface area contributed by atoms with Gasteiger partial charge in [0.15, 0.2) is 0 Å². The number of hydrogen-bond donors (Lipinski definition) is 0. The van der Waals surface area contributed by atoms with Crippen LogP contribution in [0, 0.1) is 0 Å². The lowest BCUT2D eigenvalue weighted by Gasteiger charge is -2.27. The molecule has 0 N–H and O–H groups in total. The van der Waals surface area contributed by atoms with Gasteiger partial charge in [-0.2, -0.15) is 0 Å². The Morgan fingerprint density at radius 1 is 0.333 bits per heavy atom. The molecule has 0 unspecified atom stereocenters. The van der Waals surface area contributed by atoms with Crippen molar-refractivity contribution in [1.29, 1.82) is 0 Å². The maximum atomic E-state index is 2.47. The zero-order chi connectivity index (χ0) is 35.3. The van der Waals surface area contributed by atoms with Crippen LogP contribution in [0.5, 0.6) is 0 Å². The SMILES string of the molecule is c1ccc(-c2ccc(N(c3ccc4c(c3)n3c5ccccc5c5c6ccccc6n4c53)c3cccc4c3c3ccccc3n4-c3ccccc3)cc2)cc1. The molecule has 12 rings (SSSR count). The number of rotatable bonds is 5. The van der Waals surface area contributed by atoms with Crippen LogP contribution in [0.25, 0.3) is 82.5 Å². The van der Waals surface area contributed by atoms with Gasteiger partial charge in [0.05, 0.1) is 38.8 Å². The average Bonchev–Trinajstić information content (AvgIpc) is 3.96. The molecule has 0 aliphatic carbocycles. The van der Waals surface area contributed by atoms with E-state index in [0.29, 0.717) is 0 Å². The van der Waals surface area contributed by atoms with Gasteiger partial charge in [-0.1, -0.05) is 121 Å². The zero-order valence-corrected chi connectivity index (χ0v) is 29.3. The van der Waals surface area contributed by atoms with E-state index in [1.165, 1.54) is 76.8 Å². The third kappa shape index (κ3) is 3.97. The zero-order valence-electron chi connectivity index (χ0n) is 29.3. The van der Waals surface area contributed by atoms with Crippen LogP contribution in [0.2, 0.25) is 0 Å². The molecule has 4 nitrogen and oxygen atoms in total. The number of anilines is 3. The summed E-state index contributed by atoms with van der Waals surface area (Å²) in [6.45, 7) is 0. The molecule has 8 aromatic carbocycles. The first-order valence-corrected chi connectivity index (χ1v) is 18.5. The highest BCUT2D eigenvalue weighted by Crippen LogP contribution is 2.46. The molecule has 0 aliphatic heterocycles. The molecule has 0 saturated carbocycles. The molecular weight excluding hydrogens is 657 g/mol. The van der Waals surface area contributed by atoms with Crippen LogP contribution in [-0.2, 0) is 0 Å². The van der Waals surface area contributed by atoms with E-state index in [9.17, 15) is 0 Å². The lowest BCUT2D eigenvalue weighted by molar-refractivity contribution is 1.18. The van der Waals surface area contributed by atoms with Crippen molar-refractivity contribution >= 4 is 82.7 Å². The number of para-hydroxylation sites is 4. The van der Waals surface area contributed by atoms with Gasteiger partial charge in [0.2, 0.25) is 0 Å². The maximum absolute atomic E-state index is 2.47. The number of benzene rings is 8. The molecule has 0 spiro atoms. The quantitative estimate of drug-likeness (QED) is 0.176. The van der Waals surface area contributed by atoms with Gasteiger partial charge in [-0.05, 0) is 83.9 Å². The van der Waals surface area contributed by atoms with Crippen LogP contribution < -0.4 is 4.90 Å². The Kier molecular flexibility index (Phi) is 6.02. The Labute approximate surface area is 310 Å². The second-order valence-corrected chi connectivity index (χ2v) is 14.2. The van der Waals surface area contributed by atoms with Crippen molar-refractivity contribution in [3.8, 4) is 16.8 Å². The minimum absolute atomic E-state index is 1.10. The van der Waals surface area contributed by atoms with Gasteiger partial charge in [-0.15, -0.1) is 0 Å². The standard InChI is InChI=1S/C50H32N4/c1-3-14-33(15-4-1)34-26-28-36(29-27-34)51(45-24-13-25-46-49(45)40-20-9-10-21-41(40)52(46)35-16-5-2-6-17-35)37-30-31-44-47(32-37)54-43-23-12-8-19-39(43)48-38-18-7-11-22-42(38)53(44)50(48)54/h1-32H. The normalized spacial score (nSPS) is 12.1. The molecular formula is C50H32N4. The average molecular weight is 689 g/mol. The molecule has 0 amide bonds. The van der Waals surface area contributed by atoms with Crippen molar-refractivity contribution in [2.24, 2.45) is 0 Å². The molecule has 4 heteroatoms. The summed E-state index contributed by atoms with van der Waals surface area (Å²) in [6, 6.07) is 70.6. The van der Waals surface area contributed by atoms with Gasteiger partial charge < -0.3 is 9.47 Å². The number of fused-ring (bicyclic) bond motifs is 12. The molecule has 4 aromatic heterocycles. The summed E-state index contributed by atoms with van der Waals surface area (Å²) in [5.41, 5.74) is 15.3. The highest BCUT2D eigenvalue weighted by atomic mass is 15.2. The van der Waals surface area contributed by atoms with Gasteiger partial charge in [0.25, 0.3) is 0 Å². The fraction of sp³-hybridized carbons (Fsp3) is 0. The van der Waals surface area contributed by atoms with Crippen molar-refractivity contribution in [2.75, 3.05) is 4.90 Å². The molecule has 0 atom stereocenters. The molecule has 0 radical (unpaired) electrons. The predicted octanol–water partition coefficient (Wildman–Crippen LogP) is 13.3. The number of aromatic nitrogens is 3. The summed E-state index contributed by atoms with van der Waals surface area (Å²) < 4.78 is 7.33. The summed E-state index contributed by atoms with van der Waals surface area (Å²) in [6.07, 6.45) is 0. The van der Waals surface area contributed by atoms with Crippen LogP contribution in [0.3, 0.4) is 0 Å². The summed E-state index contributed by atoms with van der Waals surface area (Å²) in [5.74, 6) is 0. The van der Waals surface area contributed by atoms with E-state index < -0.39 is 0 Å². The molecule has 0 fully saturated rings. The van der Waals surface area contributed by atoms with Crippen LogP contribution in [-0.4, -0.2) is 13.4 Å². The lowest BCUT2D eigenvalue weighted by atomic mass is 10.0. The molecule has 252 valence electrons. The number of hydrogen-bond acceptors (Lipinski definition) is 1. The predicted molar refractivity (Wildman–Crippen MR) is 227 cm³/mol. The van der Waals surface area contributed by atoms with Gasteiger partial charge >= 0.3 is 0 Å². The van der Waals surface area contributed by atoms with Crippen molar-refractivity contribution in [3.63, 3.8) is 0 Å². The minimum atomic E-state index is 1.10. The number of nitrogens with zero attached hydrogens (tertiary/aromatic N) is 4. The van der Waals surface area contributed by atoms with Crippen molar-refractivity contribution < 1.29 is 0 Å². The van der Waals surface area contributed by atoms with E-state index in [0.717, 1.165) is 22.7 Å². The molecule has 0 aliphatic rings. The molecule has 0 bridgehead atoms. The Hall–Kier alpha value is -7.30. The summed E-state index contributed by atoms with van der Waals surface area (Å²) >= 11 is 0. The first kappa shape index (κ1) is 29.3. The van der Waals surface area contributed by atoms with Crippen LogP contribution in [0.1, 0.15) is 0 Å². The Bertz CT molecular complexity index is 3360. The molecule has 54 heavy (non-hydrogen) atoms. The van der Waals surface area contributed by atoms with E-state index >= 15 is 0 Å². The summed E-state index contributed by atoms with van der Waals surface area (Å²) in [4.78, 5) is 2.45. The Morgan fingerprint density at radius 2 is 0.870 bits per heavy atom. The van der Waals surface area contributed by atoms with Crippen LogP contribution in [0.15, 0.2) is 194 Å². The van der Waals surface area contributed by atoms with E-state index in [2.05, 4.69) is 212 Å². The van der Waals surface area contributed by atoms with Gasteiger partial charge in [0.1, 0.15) is 5.65 Å². The van der Waals surface area contributed by atoms with Crippen molar-refractivity contribution in [2.45, 2.75) is 0 Å². The fourth-order valence-corrected chi connectivity index (χ4v) is 9.11. The van der Waals surface area contributed by atoms with Crippen molar-refractivity contribution in [3.05, 3.63) is 194 Å². The van der Waals surface area contributed by atoms with Gasteiger partial charge in [0, 0.05) is 44.0 Å². The van der Waals surface area contributed by atoms with Crippen molar-refractivity contribution in [1.82, 2.24) is 13.4 Å². The van der Waals surface area contributed by atoms with Crippen LogP contribution in [0.4, 0.5) is 17.1 Å². The summed E-state index contributed by atoms with van der Waals surface area (Å²) in [5, 5.41) is 6.32. The second-order valence-electron chi connectivity index (χ2n) is 14.2. The van der Waals surface area contributed by atoms with E-state index in [4.69, 9.17) is 0 Å². The Balaban J connectivity index is 1.17. The third-order valence-corrected chi connectivity index (χ3v) is 11.3. The Morgan fingerprint density at radius 3 is 1.57 bits per heavy atom. The lowest BCUT2D eigenvalue weighted by Crippen LogP contribution is -2.10. The first-order chi connectivity index (χ1) is 26.8. The third-order valence-electron chi connectivity index (χ3n) is 11.3. The largest absolute Gasteiger partial charge is 0.310 e. The highest BCUT2D eigenvalue weighted by Gasteiger charge is 2.25. The van der Waals surface area contributed by atoms with Gasteiger partial charge in [-0.3, -0.25) is 8.80 Å². The summed E-state index contributed by atoms with van der Waals surface area (Å²) in [7, 11) is 0. The molecule has 4 heterocycles. The van der Waals surface area contributed by atoms with E-state index in [1.54, 1.807) is 0 Å². The van der Waals surface area contributed by atoms with E-state index in [-0.39, 0.29) is 0 Å². The smallest absolute Gasteiger partial charge is 0.131 e. The molecule has 0 saturated heterocycles. The fourth-order valence-electron chi connectivity index (χ4n) is 9.11. The van der Waals surface area contributed by atoms with Gasteiger partial charge in [-0.25, -0.2) is 0 Å². The maximum Gasteiger partial charge on any atom is 0.131 e. The topological polar surface area (TPSA) is 17.0 Å². The van der Waals surface area contributed by atoms with Crippen LogP contribution >= 0.6 is 0 Å². The highest BCUT2D eigenvalue weighted by molar-refractivity contribution is 6.24. The monoisotopic (exact) mass is 688 g/mol.